The van der Waals surface area contributed by atoms with Gasteiger partial charge in [0, 0.05) is 0 Å². The van der Waals surface area contributed by atoms with Gasteiger partial charge >= 0.3 is 17.1 Å². The van der Waals surface area contributed by atoms with Gasteiger partial charge in [0.25, 0.3) is 0 Å². The minimum atomic E-state index is -0.890. The summed E-state index contributed by atoms with van der Waals surface area (Å²) in [5, 5.41) is 2.62. The van der Waals surface area contributed by atoms with Crippen LogP contribution in [0, 0.1) is 0 Å². The van der Waals surface area contributed by atoms with Gasteiger partial charge in [-0.3, -0.25) is 4.79 Å². The predicted octanol–water partition coefficient (Wildman–Crippen LogP) is 0.187. The van der Waals surface area contributed by atoms with Crippen LogP contribution in [-0.4, -0.2) is 28.4 Å². The lowest BCUT2D eigenvalue weighted by atomic mass is 10.2. The Balaban J connectivity index is 2.00. The molecule has 10 nitrogen and oxygen atoms in total. The lowest BCUT2D eigenvalue weighted by Crippen LogP contribution is -2.55. The first-order chi connectivity index (χ1) is 13.5. The van der Waals surface area contributed by atoms with Gasteiger partial charge < -0.3 is 5.32 Å². The second kappa shape index (κ2) is 7.96. The Morgan fingerprint density at radius 2 is 1.61 bits per heavy atom. The van der Waals surface area contributed by atoms with Gasteiger partial charge in [0.05, 0.1) is 30.5 Å². The largest absolute Gasteiger partial charge is 0.337 e. The fraction of sp³-hybridized carbons (Fsp3) is 0.176. The molecular weight excluding hydrogens is 384 g/mol. The molecule has 0 bridgehead atoms. The third kappa shape index (κ3) is 3.47. The highest BCUT2D eigenvalue weighted by atomic mass is 32.1. The maximum absolute atomic E-state index is 12.6. The third-order valence-corrected chi connectivity index (χ3v) is 4.41. The molecule has 28 heavy (non-hydrogen) atoms. The zero-order valence-electron chi connectivity index (χ0n) is 14.7. The van der Waals surface area contributed by atoms with Crippen molar-refractivity contribution in [3.63, 3.8) is 0 Å². The Kier molecular flexibility index (Phi) is 5.45. The number of fused-ring (bicyclic) bond motifs is 1. The first-order valence-electron chi connectivity index (χ1n) is 8.15. The summed E-state index contributed by atoms with van der Waals surface area (Å²) in [6.45, 7) is 6.24. The van der Waals surface area contributed by atoms with E-state index >= 15 is 0 Å². The second-order valence-electron chi connectivity index (χ2n) is 5.72. The van der Waals surface area contributed by atoms with E-state index in [1.807, 2.05) is 0 Å². The van der Waals surface area contributed by atoms with Crippen LogP contribution in [0.5, 0.6) is 0 Å². The van der Waals surface area contributed by atoms with E-state index in [4.69, 9.17) is 0 Å². The SMILES string of the molecule is C=CCn1c(=O)n(CC=C)c(=O)n(CC(=O)Nc2cccc3nsnc23)c1=O. The topological polar surface area (TPSA) is 121 Å². The number of benzene rings is 1. The smallest absolute Gasteiger partial charge is 0.323 e. The molecule has 11 heteroatoms. The number of hydrogen-bond acceptors (Lipinski definition) is 7. The van der Waals surface area contributed by atoms with Gasteiger partial charge in [-0.2, -0.15) is 8.75 Å². The molecule has 1 aromatic carbocycles. The van der Waals surface area contributed by atoms with Crippen molar-refractivity contribution < 1.29 is 4.79 Å². The van der Waals surface area contributed by atoms with E-state index in [9.17, 15) is 19.2 Å². The van der Waals surface area contributed by atoms with Crippen molar-refractivity contribution in [2.75, 3.05) is 5.32 Å². The van der Waals surface area contributed by atoms with E-state index < -0.39 is 29.5 Å². The van der Waals surface area contributed by atoms with E-state index in [1.165, 1.54) is 12.2 Å². The quantitative estimate of drug-likeness (QED) is 0.565. The van der Waals surface area contributed by atoms with Gasteiger partial charge in [-0.25, -0.2) is 28.1 Å². The van der Waals surface area contributed by atoms with Crippen LogP contribution in [0.25, 0.3) is 11.0 Å². The first-order valence-corrected chi connectivity index (χ1v) is 8.88. The highest BCUT2D eigenvalue weighted by molar-refractivity contribution is 7.00. The molecule has 0 atom stereocenters. The number of nitrogens with one attached hydrogen (secondary N) is 1. The lowest BCUT2D eigenvalue weighted by Gasteiger charge is -2.12. The van der Waals surface area contributed by atoms with Crippen molar-refractivity contribution in [2.45, 2.75) is 19.6 Å². The lowest BCUT2D eigenvalue weighted by molar-refractivity contribution is -0.116. The van der Waals surface area contributed by atoms with E-state index in [2.05, 4.69) is 27.2 Å². The molecule has 1 amide bonds. The maximum atomic E-state index is 12.6. The number of allylic oxidation sites excluding steroid dienone is 2. The average Bonchev–Trinajstić information content (AvgIpc) is 3.16. The Morgan fingerprint density at radius 1 is 1.00 bits per heavy atom. The molecule has 3 aromatic rings. The molecular formula is C17H16N6O4S. The minimum Gasteiger partial charge on any atom is -0.323 e. The number of rotatable bonds is 7. The van der Waals surface area contributed by atoms with Crippen molar-refractivity contribution in [3.8, 4) is 0 Å². The van der Waals surface area contributed by atoms with Crippen LogP contribution in [0.15, 0.2) is 57.9 Å². The van der Waals surface area contributed by atoms with Gasteiger partial charge in [-0.15, -0.1) is 13.2 Å². The summed E-state index contributed by atoms with van der Waals surface area (Å²) in [5.74, 6) is -0.617. The van der Waals surface area contributed by atoms with Crippen LogP contribution < -0.4 is 22.4 Å². The summed E-state index contributed by atoms with van der Waals surface area (Å²) < 4.78 is 10.6. The highest BCUT2D eigenvalue weighted by Crippen LogP contribution is 2.20. The number of carbonyl (C=O) groups is 1. The number of aromatic nitrogens is 5. The maximum Gasteiger partial charge on any atom is 0.337 e. The summed E-state index contributed by atoms with van der Waals surface area (Å²) in [6.07, 6.45) is 2.71. The standard InChI is InChI=1S/C17H16N6O4S/c1-3-8-21-15(25)22(9-4-2)17(27)23(16(21)26)10-13(24)18-11-6-5-7-12-14(11)20-28-19-12/h3-7H,1-2,8-10H2,(H,18,24). The van der Waals surface area contributed by atoms with Crippen molar-refractivity contribution in [1.82, 2.24) is 22.4 Å². The first kappa shape index (κ1) is 19.2. The van der Waals surface area contributed by atoms with Gasteiger partial charge in [0.15, 0.2) is 0 Å². The number of anilines is 1. The molecule has 0 aliphatic heterocycles. The third-order valence-electron chi connectivity index (χ3n) is 3.87. The van der Waals surface area contributed by atoms with Crippen LogP contribution in [-0.2, 0) is 24.4 Å². The van der Waals surface area contributed by atoms with Crippen LogP contribution in [0.2, 0.25) is 0 Å². The fourth-order valence-electron chi connectivity index (χ4n) is 2.63. The molecule has 0 radical (unpaired) electrons. The zero-order chi connectivity index (χ0) is 20.3. The molecule has 144 valence electrons. The van der Waals surface area contributed by atoms with Gasteiger partial charge in [-0.1, -0.05) is 18.2 Å². The van der Waals surface area contributed by atoms with Crippen LogP contribution in [0.1, 0.15) is 0 Å². The van der Waals surface area contributed by atoms with Crippen molar-refractivity contribution in [3.05, 3.63) is 75.0 Å². The molecule has 0 spiro atoms. The molecule has 0 fully saturated rings. The number of hydrogen-bond donors (Lipinski definition) is 1. The molecule has 0 unspecified atom stereocenters. The minimum absolute atomic E-state index is 0.0967. The highest BCUT2D eigenvalue weighted by Gasteiger charge is 2.17. The Bertz CT molecular complexity index is 1200. The Hall–Kier alpha value is -3.60. The van der Waals surface area contributed by atoms with E-state index in [1.54, 1.807) is 18.2 Å². The van der Waals surface area contributed by atoms with E-state index in [-0.39, 0.29) is 13.1 Å². The van der Waals surface area contributed by atoms with Gasteiger partial charge in [0.1, 0.15) is 17.6 Å². The zero-order valence-corrected chi connectivity index (χ0v) is 15.5. The number of carbonyl (C=O) groups excluding carboxylic acids is 1. The van der Waals surface area contributed by atoms with Crippen molar-refractivity contribution in [1.29, 1.82) is 0 Å². The molecule has 2 heterocycles. The van der Waals surface area contributed by atoms with Gasteiger partial charge in [0.2, 0.25) is 5.91 Å². The van der Waals surface area contributed by atoms with E-state index in [0.29, 0.717) is 21.3 Å². The summed E-state index contributed by atoms with van der Waals surface area (Å²) in [7, 11) is 0. The molecule has 2 aromatic heterocycles. The second-order valence-corrected chi connectivity index (χ2v) is 6.25. The van der Waals surface area contributed by atoms with E-state index in [0.717, 1.165) is 20.9 Å². The van der Waals surface area contributed by atoms with Crippen LogP contribution in [0.3, 0.4) is 0 Å². The average molecular weight is 400 g/mol. The fourth-order valence-corrected chi connectivity index (χ4v) is 3.18. The monoisotopic (exact) mass is 400 g/mol. The van der Waals surface area contributed by atoms with Crippen LogP contribution >= 0.6 is 11.7 Å². The molecule has 0 aliphatic rings. The molecule has 0 aliphatic carbocycles. The Labute approximate surface area is 162 Å². The summed E-state index contributed by atoms with van der Waals surface area (Å²) in [6, 6.07) is 5.09. The molecule has 0 saturated heterocycles. The number of amides is 1. The summed E-state index contributed by atoms with van der Waals surface area (Å²) >= 11 is 1.00. The normalized spacial score (nSPS) is 10.7. The Morgan fingerprint density at radius 3 is 2.21 bits per heavy atom. The molecule has 1 N–H and O–H groups in total. The molecule has 0 saturated carbocycles. The van der Waals surface area contributed by atoms with Crippen molar-refractivity contribution in [2.24, 2.45) is 0 Å². The van der Waals surface area contributed by atoms with Gasteiger partial charge in [-0.05, 0) is 12.1 Å². The molecule has 3 rings (SSSR count). The predicted molar refractivity (Wildman–Crippen MR) is 106 cm³/mol. The van der Waals surface area contributed by atoms with Crippen molar-refractivity contribution >= 4 is 34.4 Å². The van der Waals surface area contributed by atoms with Crippen LogP contribution in [0.4, 0.5) is 5.69 Å². The number of nitrogens with zero attached hydrogens (tertiary/aromatic N) is 5. The summed E-state index contributed by atoms with van der Waals surface area (Å²) in [5.41, 5.74) is -1.03. The summed E-state index contributed by atoms with van der Waals surface area (Å²) in [4.78, 5) is 49.9.